The van der Waals surface area contributed by atoms with Crippen LogP contribution in [0.25, 0.3) is 0 Å². The van der Waals surface area contributed by atoms with Crippen LogP contribution in [0.2, 0.25) is 0 Å². The van der Waals surface area contributed by atoms with Crippen molar-refractivity contribution in [1.82, 2.24) is 10.2 Å². The van der Waals surface area contributed by atoms with E-state index in [1.54, 1.807) is 0 Å². The van der Waals surface area contributed by atoms with E-state index < -0.39 is 0 Å². The van der Waals surface area contributed by atoms with Gasteiger partial charge in [0.1, 0.15) is 6.61 Å². The highest BCUT2D eigenvalue weighted by molar-refractivity contribution is 9.10. The molecular formula is C27H41BrN2O2. The number of nitrogens with one attached hydrogen (secondary N) is 1. The van der Waals surface area contributed by atoms with E-state index in [4.69, 9.17) is 9.47 Å². The van der Waals surface area contributed by atoms with Gasteiger partial charge in [0, 0.05) is 6.54 Å². The normalized spacial score (nSPS) is 11.2. The summed E-state index contributed by atoms with van der Waals surface area (Å²) in [4.78, 5) is 2.62. The van der Waals surface area contributed by atoms with E-state index in [1.807, 2.05) is 25.1 Å². The fourth-order valence-electron chi connectivity index (χ4n) is 3.62. The minimum absolute atomic E-state index is 0.518. The van der Waals surface area contributed by atoms with Crippen LogP contribution in [0.1, 0.15) is 64.0 Å². The summed E-state index contributed by atoms with van der Waals surface area (Å²) in [5.41, 5.74) is 2.33. The van der Waals surface area contributed by atoms with Crippen LogP contribution in [0, 0.1) is 0 Å². The van der Waals surface area contributed by atoms with Crippen molar-refractivity contribution in [3.8, 4) is 11.5 Å². The lowest BCUT2D eigenvalue weighted by Gasteiger charge is -2.22. The summed E-state index contributed by atoms with van der Waals surface area (Å²) in [7, 11) is 0. The molecule has 0 spiro atoms. The highest BCUT2D eigenvalue weighted by Gasteiger charge is 2.13. The number of benzene rings is 2. The Kier molecular flexibility index (Phi) is 13.4. The van der Waals surface area contributed by atoms with Crippen molar-refractivity contribution in [3.63, 3.8) is 0 Å². The molecule has 0 radical (unpaired) electrons. The van der Waals surface area contributed by atoms with Gasteiger partial charge in [0.2, 0.25) is 0 Å². The minimum atomic E-state index is 0.518. The first kappa shape index (κ1) is 26.7. The molecule has 0 saturated heterocycles. The van der Waals surface area contributed by atoms with E-state index >= 15 is 0 Å². The van der Waals surface area contributed by atoms with Gasteiger partial charge in [0.25, 0.3) is 0 Å². The third-order valence-electron chi connectivity index (χ3n) is 5.41. The van der Waals surface area contributed by atoms with Gasteiger partial charge in [-0.1, -0.05) is 57.0 Å². The van der Waals surface area contributed by atoms with Gasteiger partial charge in [-0.15, -0.1) is 0 Å². The maximum Gasteiger partial charge on any atom is 0.175 e. The molecule has 1 N–H and O–H groups in total. The zero-order valence-corrected chi connectivity index (χ0v) is 21.8. The summed E-state index contributed by atoms with van der Waals surface area (Å²) < 4.78 is 12.9. The largest absolute Gasteiger partial charge is 0.490 e. The maximum absolute atomic E-state index is 6.10. The average molecular weight is 506 g/mol. The number of nitrogens with zero attached hydrogens (tertiary/aromatic N) is 1. The summed E-state index contributed by atoms with van der Waals surface area (Å²) in [6, 6.07) is 14.4. The van der Waals surface area contributed by atoms with E-state index in [1.165, 1.54) is 57.3 Å². The molecule has 0 unspecified atom stereocenters. The van der Waals surface area contributed by atoms with Gasteiger partial charge < -0.3 is 19.7 Å². The van der Waals surface area contributed by atoms with Gasteiger partial charge in [-0.25, -0.2) is 0 Å². The average Bonchev–Trinajstić information content (AvgIpc) is 2.80. The third kappa shape index (κ3) is 9.93. The van der Waals surface area contributed by atoms with Crippen LogP contribution < -0.4 is 14.8 Å². The topological polar surface area (TPSA) is 33.7 Å². The molecule has 0 amide bonds. The Morgan fingerprint density at radius 3 is 2.19 bits per heavy atom. The molecule has 2 aromatic rings. The van der Waals surface area contributed by atoms with Gasteiger partial charge in [-0.2, -0.15) is 0 Å². The van der Waals surface area contributed by atoms with Crippen LogP contribution in [-0.2, 0) is 13.2 Å². The first-order valence-electron chi connectivity index (χ1n) is 12.2. The second-order valence-corrected chi connectivity index (χ2v) is 9.05. The van der Waals surface area contributed by atoms with Gasteiger partial charge >= 0.3 is 0 Å². The molecule has 2 rings (SSSR count). The van der Waals surface area contributed by atoms with Crippen molar-refractivity contribution in [3.05, 3.63) is 58.1 Å². The molecule has 0 atom stereocenters. The van der Waals surface area contributed by atoms with Gasteiger partial charge in [0.05, 0.1) is 11.1 Å². The van der Waals surface area contributed by atoms with Crippen LogP contribution in [0.5, 0.6) is 11.5 Å². The third-order valence-corrected chi connectivity index (χ3v) is 6.00. The van der Waals surface area contributed by atoms with E-state index in [9.17, 15) is 0 Å². The molecule has 5 heteroatoms. The summed E-state index contributed by atoms with van der Waals surface area (Å²) >= 11 is 3.69. The summed E-state index contributed by atoms with van der Waals surface area (Å²) in [5.74, 6) is 1.56. The Labute approximate surface area is 203 Å². The summed E-state index contributed by atoms with van der Waals surface area (Å²) in [5, 5.41) is 3.60. The molecule has 32 heavy (non-hydrogen) atoms. The van der Waals surface area contributed by atoms with Crippen LogP contribution in [0.15, 0.2) is 46.9 Å². The Balaban J connectivity index is 1.86. The quantitative estimate of drug-likeness (QED) is 0.240. The molecular weight excluding hydrogens is 464 g/mol. The summed E-state index contributed by atoms with van der Waals surface area (Å²) in [6.45, 7) is 13.1. The van der Waals surface area contributed by atoms with Crippen molar-refractivity contribution in [2.45, 2.75) is 66.0 Å². The van der Waals surface area contributed by atoms with Crippen LogP contribution in [0.4, 0.5) is 0 Å². The summed E-state index contributed by atoms with van der Waals surface area (Å²) in [6.07, 6.45) is 6.30. The standard InChI is InChI=1S/C27H41BrN2O2/c1-4-7-16-30(17-8-5-2)18-12-15-29-21-24-19-25(28)27(26(20-24)31-6-3)32-22-23-13-10-9-11-14-23/h9-11,13-14,19-20,29H,4-8,12,15-18,21-22H2,1-3H3. The van der Waals surface area contributed by atoms with Crippen LogP contribution in [-0.4, -0.2) is 37.7 Å². The molecule has 0 aliphatic carbocycles. The number of hydrogen-bond donors (Lipinski definition) is 1. The van der Waals surface area contributed by atoms with Crippen molar-refractivity contribution in [2.75, 3.05) is 32.8 Å². The van der Waals surface area contributed by atoms with Gasteiger partial charge in [-0.05, 0) is 91.6 Å². The Hall–Kier alpha value is -1.56. The van der Waals surface area contributed by atoms with Crippen molar-refractivity contribution in [1.29, 1.82) is 0 Å². The SMILES string of the molecule is CCCCN(CCCC)CCCNCc1cc(Br)c(OCc2ccccc2)c(OCC)c1. The number of rotatable bonds is 17. The molecule has 0 fully saturated rings. The highest BCUT2D eigenvalue weighted by atomic mass is 79.9. The molecule has 0 aliphatic heterocycles. The second-order valence-electron chi connectivity index (χ2n) is 8.19. The highest BCUT2D eigenvalue weighted by Crippen LogP contribution is 2.37. The lowest BCUT2D eigenvalue weighted by atomic mass is 10.2. The first-order chi connectivity index (χ1) is 15.7. The number of unbranched alkanes of at least 4 members (excludes halogenated alkanes) is 2. The smallest absolute Gasteiger partial charge is 0.175 e. The second kappa shape index (κ2) is 16.1. The molecule has 0 heterocycles. The van der Waals surface area contributed by atoms with Crippen molar-refractivity contribution < 1.29 is 9.47 Å². The van der Waals surface area contributed by atoms with Crippen LogP contribution in [0.3, 0.4) is 0 Å². The predicted molar refractivity (Wildman–Crippen MR) is 139 cm³/mol. The lowest BCUT2D eigenvalue weighted by Crippen LogP contribution is -2.29. The minimum Gasteiger partial charge on any atom is -0.490 e. The monoisotopic (exact) mass is 504 g/mol. The molecule has 0 aromatic heterocycles. The molecule has 4 nitrogen and oxygen atoms in total. The first-order valence-corrected chi connectivity index (χ1v) is 13.0. The van der Waals surface area contributed by atoms with Crippen molar-refractivity contribution >= 4 is 15.9 Å². The number of halogens is 1. The zero-order chi connectivity index (χ0) is 23.0. The van der Waals surface area contributed by atoms with Gasteiger partial charge in [-0.3, -0.25) is 0 Å². The lowest BCUT2D eigenvalue weighted by molar-refractivity contribution is 0.261. The zero-order valence-electron chi connectivity index (χ0n) is 20.2. The number of ether oxygens (including phenoxy) is 2. The molecule has 0 aliphatic rings. The van der Waals surface area contributed by atoms with Crippen LogP contribution >= 0.6 is 15.9 Å². The van der Waals surface area contributed by atoms with Gasteiger partial charge in [0.15, 0.2) is 11.5 Å². The maximum atomic E-state index is 6.10. The van der Waals surface area contributed by atoms with E-state index in [0.29, 0.717) is 13.2 Å². The fraction of sp³-hybridized carbons (Fsp3) is 0.556. The molecule has 178 valence electrons. The van der Waals surface area contributed by atoms with Crippen molar-refractivity contribution in [2.24, 2.45) is 0 Å². The molecule has 0 bridgehead atoms. The number of hydrogen-bond acceptors (Lipinski definition) is 4. The van der Waals surface area contributed by atoms with E-state index in [-0.39, 0.29) is 0 Å². The fourth-order valence-corrected chi connectivity index (χ4v) is 4.22. The molecule has 0 saturated carbocycles. The Morgan fingerprint density at radius 1 is 0.844 bits per heavy atom. The van der Waals surface area contributed by atoms with E-state index in [2.05, 4.69) is 64.3 Å². The molecule has 2 aromatic carbocycles. The Morgan fingerprint density at radius 2 is 1.53 bits per heavy atom. The van der Waals surface area contributed by atoms with E-state index in [0.717, 1.165) is 34.6 Å². The predicted octanol–water partition coefficient (Wildman–Crippen LogP) is 6.81. The Bertz CT molecular complexity index is 747.